The number of carbonyl (C=O) groups excluding carboxylic acids is 2. The number of amides is 2. The van der Waals surface area contributed by atoms with E-state index in [0.29, 0.717) is 6.42 Å². The van der Waals surface area contributed by atoms with Crippen LogP contribution in [0, 0.1) is 5.92 Å². The highest BCUT2D eigenvalue weighted by Gasteiger charge is 2.30. The molecule has 1 aliphatic rings. The van der Waals surface area contributed by atoms with Crippen LogP contribution in [0.2, 0.25) is 10.0 Å². The van der Waals surface area contributed by atoms with Crippen molar-refractivity contribution in [3.05, 3.63) is 27.7 Å². The Balaban J connectivity index is 2.14. The van der Waals surface area contributed by atoms with E-state index >= 15 is 0 Å². The van der Waals surface area contributed by atoms with Gasteiger partial charge in [-0.2, -0.15) is 0 Å². The third-order valence-corrected chi connectivity index (χ3v) is 6.62. The van der Waals surface area contributed by atoms with Crippen molar-refractivity contribution in [2.45, 2.75) is 57.0 Å². The standard InChI is InChI=1S/C19H27Cl2N3O5S/c1-4-29-19(26)23-13(7-11(2)3)10-22-18(25)14-8-17(16(21)9-15(14)20)30(27,28)24-12-5-6-12/h8-9,11-13,24H,4-7,10H2,1-3H3,(H,22,25)(H,23,26). The summed E-state index contributed by atoms with van der Waals surface area (Å²) in [5.41, 5.74) is -0.0170. The van der Waals surface area contributed by atoms with E-state index < -0.39 is 22.0 Å². The number of hydrogen-bond acceptors (Lipinski definition) is 5. The van der Waals surface area contributed by atoms with Crippen LogP contribution < -0.4 is 15.4 Å². The molecule has 0 aliphatic heterocycles. The van der Waals surface area contributed by atoms with E-state index in [1.807, 2.05) is 13.8 Å². The molecule has 1 aromatic rings. The monoisotopic (exact) mass is 479 g/mol. The lowest BCUT2D eigenvalue weighted by Crippen LogP contribution is -2.44. The number of hydrogen-bond donors (Lipinski definition) is 3. The zero-order valence-electron chi connectivity index (χ0n) is 17.1. The molecule has 0 aromatic heterocycles. The van der Waals surface area contributed by atoms with Crippen molar-refractivity contribution in [2.75, 3.05) is 13.2 Å². The van der Waals surface area contributed by atoms with Gasteiger partial charge < -0.3 is 15.4 Å². The molecule has 0 spiro atoms. The lowest BCUT2D eigenvalue weighted by Gasteiger charge is -2.21. The molecule has 0 bridgehead atoms. The second-order valence-corrected chi connectivity index (χ2v) is 10.1. The predicted octanol–water partition coefficient (Wildman–Crippen LogP) is 3.32. The normalized spacial score (nSPS) is 15.0. The SMILES string of the molecule is CCOC(=O)NC(CNC(=O)c1cc(S(=O)(=O)NC2CC2)c(Cl)cc1Cl)CC(C)C. The zero-order chi connectivity index (χ0) is 22.5. The summed E-state index contributed by atoms with van der Waals surface area (Å²) in [7, 11) is -3.86. The first kappa shape index (κ1) is 24.7. The van der Waals surface area contributed by atoms with Gasteiger partial charge in [-0.05, 0) is 44.2 Å². The second-order valence-electron chi connectivity index (χ2n) is 7.56. The maximum absolute atomic E-state index is 12.7. The molecule has 0 saturated heterocycles. The highest BCUT2D eigenvalue weighted by Crippen LogP contribution is 2.30. The maximum Gasteiger partial charge on any atom is 0.407 e. The first-order valence-electron chi connectivity index (χ1n) is 9.76. The van der Waals surface area contributed by atoms with Crippen LogP contribution in [0.1, 0.15) is 50.4 Å². The molecule has 1 atom stereocenters. The number of rotatable bonds is 10. The summed E-state index contributed by atoms with van der Waals surface area (Å²) in [4.78, 5) is 24.2. The van der Waals surface area contributed by atoms with Crippen LogP contribution in [0.25, 0.3) is 0 Å². The molecule has 3 N–H and O–H groups in total. The number of nitrogens with one attached hydrogen (secondary N) is 3. The number of ether oxygens (including phenoxy) is 1. The Morgan fingerprint density at radius 1 is 1.20 bits per heavy atom. The Morgan fingerprint density at radius 3 is 2.43 bits per heavy atom. The first-order chi connectivity index (χ1) is 14.0. The molecule has 8 nitrogen and oxygen atoms in total. The van der Waals surface area contributed by atoms with Gasteiger partial charge in [0.1, 0.15) is 4.90 Å². The van der Waals surface area contributed by atoms with Crippen molar-refractivity contribution in [3.63, 3.8) is 0 Å². The number of alkyl carbamates (subject to hydrolysis) is 1. The van der Waals surface area contributed by atoms with Gasteiger partial charge >= 0.3 is 6.09 Å². The van der Waals surface area contributed by atoms with E-state index in [2.05, 4.69) is 15.4 Å². The second kappa shape index (κ2) is 10.7. The van der Waals surface area contributed by atoms with Crippen molar-refractivity contribution in [3.8, 4) is 0 Å². The smallest absolute Gasteiger partial charge is 0.407 e. The molecule has 1 saturated carbocycles. The molecular formula is C19H27Cl2N3O5S. The minimum absolute atomic E-state index is 0.0170. The molecule has 1 fully saturated rings. The van der Waals surface area contributed by atoms with E-state index in [-0.39, 0.29) is 51.7 Å². The average Bonchev–Trinajstić information content (AvgIpc) is 3.42. The van der Waals surface area contributed by atoms with Crippen LogP contribution in [0.15, 0.2) is 17.0 Å². The van der Waals surface area contributed by atoms with Crippen LogP contribution >= 0.6 is 23.2 Å². The molecule has 2 amide bonds. The van der Waals surface area contributed by atoms with Crippen LogP contribution in [-0.4, -0.2) is 45.7 Å². The molecule has 0 radical (unpaired) electrons. The predicted molar refractivity (Wildman–Crippen MR) is 116 cm³/mol. The largest absolute Gasteiger partial charge is 0.450 e. The van der Waals surface area contributed by atoms with Gasteiger partial charge in [0.25, 0.3) is 5.91 Å². The van der Waals surface area contributed by atoms with E-state index in [0.717, 1.165) is 12.8 Å². The van der Waals surface area contributed by atoms with Gasteiger partial charge in [-0.3, -0.25) is 4.79 Å². The van der Waals surface area contributed by atoms with Crippen LogP contribution in [0.5, 0.6) is 0 Å². The van der Waals surface area contributed by atoms with E-state index in [9.17, 15) is 18.0 Å². The van der Waals surface area contributed by atoms with Crippen LogP contribution in [0.3, 0.4) is 0 Å². The van der Waals surface area contributed by atoms with Crippen molar-refractivity contribution >= 4 is 45.2 Å². The fourth-order valence-electron chi connectivity index (χ4n) is 2.81. The highest BCUT2D eigenvalue weighted by molar-refractivity contribution is 7.89. The minimum atomic E-state index is -3.86. The van der Waals surface area contributed by atoms with Gasteiger partial charge in [0.15, 0.2) is 0 Å². The Morgan fingerprint density at radius 2 is 1.87 bits per heavy atom. The van der Waals surface area contributed by atoms with Crippen molar-refractivity contribution in [1.29, 1.82) is 0 Å². The van der Waals surface area contributed by atoms with Gasteiger partial charge in [-0.15, -0.1) is 0 Å². The quantitative estimate of drug-likeness (QED) is 0.476. The first-order valence-corrected chi connectivity index (χ1v) is 12.0. The van der Waals surface area contributed by atoms with Gasteiger partial charge in [-0.25, -0.2) is 17.9 Å². The Hall–Kier alpha value is -1.55. The summed E-state index contributed by atoms with van der Waals surface area (Å²) < 4.78 is 32.5. The summed E-state index contributed by atoms with van der Waals surface area (Å²) in [5.74, 6) is -0.308. The van der Waals surface area contributed by atoms with Gasteiger partial charge in [0.2, 0.25) is 10.0 Å². The summed E-state index contributed by atoms with van der Waals surface area (Å²) >= 11 is 12.2. The fourth-order valence-corrected chi connectivity index (χ4v) is 4.97. The van der Waals surface area contributed by atoms with E-state index in [1.54, 1.807) is 6.92 Å². The van der Waals surface area contributed by atoms with E-state index in [4.69, 9.17) is 27.9 Å². The molecule has 30 heavy (non-hydrogen) atoms. The van der Waals surface area contributed by atoms with Crippen LogP contribution in [0.4, 0.5) is 4.79 Å². The molecule has 1 aliphatic carbocycles. The Kier molecular flexibility index (Phi) is 8.78. The molecule has 11 heteroatoms. The van der Waals surface area contributed by atoms with Gasteiger partial charge in [-0.1, -0.05) is 37.0 Å². The molecular weight excluding hydrogens is 453 g/mol. The molecule has 2 rings (SSSR count). The van der Waals surface area contributed by atoms with Crippen molar-refractivity contribution in [2.24, 2.45) is 5.92 Å². The van der Waals surface area contributed by atoms with Crippen LogP contribution in [-0.2, 0) is 14.8 Å². The highest BCUT2D eigenvalue weighted by atomic mass is 35.5. The number of carbonyl (C=O) groups is 2. The molecule has 168 valence electrons. The van der Waals surface area contributed by atoms with Gasteiger partial charge in [0, 0.05) is 18.6 Å². The summed E-state index contributed by atoms with van der Waals surface area (Å²) in [6.07, 6.45) is 1.57. The molecule has 1 unspecified atom stereocenters. The molecule has 1 aromatic carbocycles. The van der Waals surface area contributed by atoms with E-state index in [1.165, 1.54) is 12.1 Å². The summed E-state index contributed by atoms with van der Waals surface area (Å²) in [5, 5.41) is 5.37. The zero-order valence-corrected chi connectivity index (χ0v) is 19.5. The fraction of sp³-hybridized carbons (Fsp3) is 0.579. The van der Waals surface area contributed by atoms with Crippen molar-refractivity contribution in [1.82, 2.24) is 15.4 Å². The number of halogens is 2. The number of sulfonamides is 1. The third kappa shape index (κ3) is 7.30. The topological polar surface area (TPSA) is 114 Å². The molecule has 0 heterocycles. The summed E-state index contributed by atoms with van der Waals surface area (Å²) in [6.45, 7) is 6.03. The lowest BCUT2D eigenvalue weighted by molar-refractivity contribution is 0.0944. The van der Waals surface area contributed by atoms with Gasteiger partial charge in [0.05, 0.1) is 22.2 Å². The average molecular weight is 480 g/mol. The Labute approximate surface area is 187 Å². The lowest BCUT2D eigenvalue weighted by atomic mass is 10.0. The minimum Gasteiger partial charge on any atom is -0.450 e. The number of benzene rings is 1. The Bertz CT molecular complexity index is 888. The van der Waals surface area contributed by atoms with Crippen molar-refractivity contribution < 1.29 is 22.7 Å². The maximum atomic E-state index is 12.7. The summed E-state index contributed by atoms with van der Waals surface area (Å²) in [6, 6.07) is 1.94. The third-order valence-electron chi connectivity index (χ3n) is 4.32.